The Bertz CT molecular complexity index is 576. The van der Waals surface area contributed by atoms with Crippen LogP contribution in [0.25, 0.3) is 0 Å². The van der Waals surface area contributed by atoms with Crippen LogP contribution in [0.4, 0.5) is 4.79 Å². The molecular weight excluding hydrogens is 390 g/mol. The molecule has 1 unspecified atom stereocenters. The molecule has 0 saturated carbocycles. The number of carbonyl (C=O) groups excluding carboxylic acids is 2. The Kier molecular flexibility index (Phi) is 16.3. The van der Waals surface area contributed by atoms with E-state index >= 15 is 0 Å². The molecule has 0 spiro atoms. The molecule has 0 aromatic heterocycles. The van der Waals surface area contributed by atoms with Gasteiger partial charge in [0, 0.05) is 0 Å². The molecule has 0 aliphatic heterocycles. The minimum atomic E-state index is -0.644. The van der Waals surface area contributed by atoms with Crippen molar-refractivity contribution in [3.05, 3.63) is 35.9 Å². The first-order valence-electron chi connectivity index (χ1n) is 12.3. The molecule has 0 saturated heterocycles. The quantitative estimate of drug-likeness (QED) is 0.201. The number of rotatable bonds is 18. The van der Waals surface area contributed by atoms with E-state index in [4.69, 9.17) is 9.47 Å². The molecule has 0 bridgehead atoms. The molecular formula is C26H43NO4. The summed E-state index contributed by atoms with van der Waals surface area (Å²) < 4.78 is 10.7. The van der Waals surface area contributed by atoms with E-state index in [1.165, 1.54) is 38.5 Å². The van der Waals surface area contributed by atoms with Crippen molar-refractivity contribution in [2.24, 2.45) is 0 Å². The zero-order valence-electron chi connectivity index (χ0n) is 19.7. The molecule has 1 amide bonds. The third kappa shape index (κ3) is 14.6. The fourth-order valence-corrected chi connectivity index (χ4v) is 3.44. The predicted octanol–water partition coefficient (Wildman–Crippen LogP) is 6.94. The molecule has 31 heavy (non-hydrogen) atoms. The van der Waals surface area contributed by atoms with Crippen LogP contribution in [0.5, 0.6) is 0 Å². The number of ether oxygens (including phenoxy) is 2. The van der Waals surface area contributed by atoms with Gasteiger partial charge in [0.1, 0.15) is 12.6 Å². The van der Waals surface area contributed by atoms with E-state index < -0.39 is 12.1 Å². The SMILES string of the molecule is CCCCCCCCCCOC(=O)C(CCCCCC)NC(=O)OCc1ccccc1. The molecule has 0 fully saturated rings. The summed E-state index contributed by atoms with van der Waals surface area (Å²) in [5.41, 5.74) is 0.911. The Morgan fingerprint density at radius 3 is 2.00 bits per heavy atom. The highest BCUT2D eigenvalue weighted by molar-refractivity contribution is 5.81. The molecule has 5 heteroatoms. The first kappa shape index (κ1) is 27.0. The molecule has 1 rings (SSSR count). The number of amides is 1. The first-order valence-corrected chi connectivity index (χ1v) is 12.3. The third-order valence-corrected chi connectivity index (χ3v) is 5.38. The zero-order valence-corrected chi connectivity index (χ0v) is 19.7. The molecule has 1 aromatic carbocycles. The van der Waals surface area contributed by atoms with Crippen molar-refractivity contribution in [3.8, 4) is 0 Å². The van der Waals surface area contributed by atoms with Crippen LogP contribution in [-0.4, -0.2) is 24.7 Å². The van der Waals surface area contributed by atoms with E-state index in [9.17, 15) is 9.59 Å². The maximum Gasteiger partial charge on any atom is 0.408 e. The summed E-state index contributed by atoms with van der Waals surface area (Å²) >= 11 is 0. The van der Waals surface area contributed by atoms with Gasteiger partial charge in [0.05, 0.1) is 6.61 Å². The summed E-state index contributed by atoms with van der Waals surface area (Å²) in [6.07, 6.45) is 13.8. The van der Waals surface area contributed by atoms with Crippen molar-refractivity contribution in [3.63, 3.8) is 0 Å². The fraction of sp³-hybridized carbons (Fsp3) is 0.692. The number of benzene rings is 1. The van der Waals surface area contributed by atoms with Crippen LogP contribution in [-0.2, 0) is 20.9 Å². The zero-order chi connectivity index (χ0) is 22.6. The first-order chi connectivity index (χ1) is 15.2. The Morgan fingerprint density at radius 1 is 0.774 bits per heavy atom. The van der Waals surface area contributed by atoms with E-state index in [2.05, 4.69) is 19.2 Å². The van der Waals surface area contributed by atoms with Gasteiger partial charge < -0.3 is 14.8 Å². The van der Waals surface area contributed by atoms with E-state index in [0.717, 1.165) is 44.1 Å². The largest absolute Gasteiger partial charge is 0.464 e. The minimum Gasteiger partial charge on any atom is -0.464 e. The topological polar surface area (TPSA) is 64.6 Å². The van der Waals surface area contributed by atoms with Crippen molar-refractivity contribution in [2.75, 3.05) is 6.61 Å². The number of alkyl carbamates (subject to hydrolysis) is 1. The van der Waals surface area contributed by atoms with Crippen molar-refractivity contribution < 1.29 is 19.1 Å². The minimum absolute atomic E-state index is 0.183. The lowest BCUT2D eigenvalue weighted by molar-refractivity contribution is -0.146. The van der Waals surface area contributed by atoms with Gasteiger partial charge in [-0.15, -0.1) is 0 Å². The fourth-order valence-electron chi connectivity index (χ4n) is 3.44. The van der Waals surface area contributed by atoms with Gasteiger partial charge >= 0.3 is 12.1 Å². The summed E-state index contributed by atoms with van der Waals surface area (Å²) in [6.45, 7) is 4.97. The summed E-state index contributed by atoms with van der Waals surface area (Å²) in [7, 11) is 0. The summed E-state index contributed by atoms with van der Waals surface area (Å²) in [5.74, 6) is -0.351. The highest BCUT2D eigenvalue weighted by atomic mass is 16.6. The molecule has 1 atom stereocenters. The van der Waals surface area contributed by atoms with Crippen molar-refractivity contribution in [1.82, 2.24) is 5.32 Å². The number of hydrogen-bond acceptors (Lipinski definition) is 4. The maximum atomic E-state index is 12.5. The van der Waals surface area contributed by atoms with Crippen LogP contribution in [0.15, 0.2) is 30.3 Å². The van der Waals surface area contributed by atoms with Crippen LogP contribution < -0.4 is 5.32 Å². The van der Waals surface area contributed by atoms with Crippen LogP contribution >= 0.6 is 0 Å². The normalized spacial score (nSPS) is 11.7. The second-order valence-electron chi connectivity index (χ2n) is 8.25. The summed E-state index contributed by atoms with van der Waals surface area (Å²) in [5, 5.41) is 2.71. The molecule has 5 nitrogen and oxygen atoms in total. The van der Waals surface area contributed by atoms with Gasteiger partial charge in [0.2, 0.25) is 0 Å². The van der Waals surface area contributed by atoms with E-state index in [0.29, 0.717) is 13.0 Å². The lowest BCUT2D eigenvalue weighted by atomic mass is 10.1. The number of unbranched alkanes of at least 4 members (excludes halogenated alkanes) is 10. The van der Waals surface area contributed by atoms with Gasteiger partial charge in [-0.2, -0.15) is 0 Å². The smallest absolute Gasteiger partial charge is 0.408 e. The molecule has 0 heterocycles. The molecule has 0 aliphatic rings. The monoisotopic (exact) mass is 433 g/mol. The third-order valence-electron chi connectivity index (χ3n) is 5.38. The van der Waals surface area contributed by atoms with E-state index in [1.807, 2.05) is 30.3 Å². The lowest BCUT2D eigenvalue weighted by Gasteiger charge is -2.17. The standard InChI is InChI=1S/C26H43NO4/c1-3-5-7-9-10-11-12-17-21-30-25(28)24(20-16-8-6-4-2)27-26(29)31-22-23-18-14-13-15-19-23/h13-15,18-19,24H,3-12,16-17,20-22H2,1-2H3,(H,27,29). The Morgan fingerprint density at radius 2 is 1.35 bits per heavy atom. The maximum absolute atomic E-state index is 12.5. The second kappa shape index (κ2) is 18.7. The van der Waals surface area contributed by atoms with Crippen molar-refractivity contribution in [2.45, 2.75) is 110 Å². The molecule has 1 N–H and O–H groups in total. The van der Waals surface area contributed by atoms with Gasteiger partial charge in [-0.3, -0.25) is 0 Å². The van der Waals surface area contributed by atoms with Crippen molar-refractivity contribution in [1.29, 1.82) is 0 Å². The van der Waals surface area contributed by atoms with Gasteiger partial charge in [0.15, 0.2) is 0 Å². The van der Waals surface area contributed by atoms with E-state index in [-0.39, 0.29) is 12.6 Å². The second-order valence-corrected chi connectivity index (χ2v) is 8.25. The van der Waals surface area contributed by atoms with Gasteiger partial charge in [0.25, 0.3) is 0 Å². The number of carbonyl (C=O) groups is 2. The van der Waals surface area contributed by atoms with Crippen LogP contribution in [0.2, 0.25) is 0 Å². The number of hydrogen-bond donors (Lipinski definition) is 1. The molecule has 1 aromatic rings. The highest BCUT2D eigenvalue weighted by Crippen LogP contribution is 2.10. The lowest BCUT2D eigenvalue weighted by Crippen LogP contribution is -2.42. The van der Waals surface area contributed by atoms with Crippen molar-refractivity contribution >= 4 is 12.1 Å². The average Bonchev–Trinajstić information content (AvgIpc) is 2.79. The van der Waals surface area contributed by atoms with Crippen LogP contribution in [0, 0.1) is 0 Å². The van der Waals surface area contributed by atoms with Crippen LogP contribution in [0.1, 0.15) is 103 Å². The van der Waals surface area contributed by atoms with Gasteiger partial charge in [-0.1, -0.05) is 115 Å². The highest BCUT2D eigenvalue weighted by Gasteiger charge is 2.22. The molecule has 0 radical (unpaired) electrons. The molecule has 176 valence electrons. The predicted molar refractivity (Wildman–Crippen MR) is 126 cm³/mol. The Hall–Kier alpha value is -2.04. The number of nitrogens with one attached hydrogen (secondary N) is 1. The van der Waals surface area contributed by atoms with Gasteiger partial charge in [-0.05, 0) is 18.4 Å². The average molecular weight is 434 g/mol. The Balaban J connectivity index is 2.32. The van der Waals surface area contributed by atoms with E-state index in [1.54, 1.807) is 0 Å². The van der Waals surface area contributed by atoms with Gasteiger partial charge in [-0.25, -0.2) is 9.59 Å². The van der Waals surface area contributed by atoms with Crippen LogP contribution in [0.3, 0.4) is 0 Å². The summed E-state index contributed by atoms with van der Waals surface area (Å²) in [4.78, 5) is 24.7. The summed E-state index contributed by atoms with van der Waals surface area (Å²) in [6, 6.07) is 8.86. The Labute approximate surface area is 189 Å². The molecule has 0 aliphatic carbocycles. The number of esters is 1.